The van der Waals surface area contributed by atoms with Gasteiger partial charge in [0.05, 0.1) is 9.40 Å². The maximum absolute atomic E-state index is 2.42. The third-order valence-corrected chi connectivity index (χ3v) is 13.1. The summed E-state index contributed by atoms with van der Waals surface area (Å²) in [6, 6.07) is 19.1. The van der Waals surface area contributed by atoms with E-state index < -0.39 is 0 Å². The van der Waals surface area contributed by atoms with E-state index in [1.807, 2.05) is 68.0 Å². The number of aryl methyl sites for hydroxylation is 2. The average Bonchev–Trinajstić information content (AvgIpc) is 3.53. The second-order valence-corrected chi connectivity index (χ2v) is 15.1. The van der Waals surface area contributed by atoms with Crippen LogP contribution in [0.25, 0.3) is 68.9 Å². The van der Waals surface area contributed by atoms with E-state index in [0.29, 0.717) is 0 Å². The van der Waals surface area contributed by atoms with Gasteiger partial charge in [0.15, 0.2) is 0 Å². The predicted molar refractivity (Wildman–Crippen MR) is 154 cm³/mol. The van der Waals surface area contributed by atoms with Gasteiger partial charge in [-0.1, -0.05) is 0 Å². The molecule has 0 amide bonds. The predicted octanol–water partition coefficient (Wildman–Crippen LogP) is 11.3. The van der Waals surface area contributed by atoms with Crippen LogP contribution in [0.3, 0.4) is 0 Å². The number of hydrogen-bond donors (Lipinski definition) is 0. The third kappa shape index (κ3) is 2.56. The van der Waals surface area contributed by atoms with Crippen LogP contribution in [0.4, 0.5) is 0 Å². The van der Waals surface area contributed by atoms with Crippen molar-refractivity contribution in [3.05, 3.63) is 58.3 Å². The van der Waals surface area contributed by atoms with Crippen molar-refractivity contribution in [1.29, 1.82) is 0 Å². The minimum absolute atomic E-state index is 1.38. The van der Waals surface area contributed by atoms with Gasteiger partial charge in [0.25, 0.3) is 0 Å². The number of hydrogen-bond acceptors (Lipinski definition) is 6. The first kappa shape index (κ1) is 18.6. The van der Waals surface area contributed by atoms with E-state index in [4.69, 9.17) is 0 Å². The fourth-order valence-corrected chi connectivity index (χ4v) is 11.9. The Balaban J connectivity index is 1.32. The molecule has 0 aliphatic rings. The lowest BCUT2D eigenvalue weighted by Gasteiger charge is -1.93. The van der Waals surface area contributed by atoms with Gasteiger partial charge in [-0.2, -0.15) is 0 Å². The van der Waals surface area contributed by atoms with Gasteiger partial charge in [0, 0.05) is 58.5 Å². The molecule has 2 aromatic carbocycles. The van der Waals surface area contributed by atoms with Crippen LogP contribution in [0.15, 0.2) is 48.5 Å². The third-order valence-electron chi connectivity index (χ3n) is 6.05. The molecular formula is C26H14S6. The molecule has 0 aliphatic heterocycles. The largest absolute Gasteiger partial charge is 0.141 e. The summed E-state index contributed by atoms with van der Waals surface area (Å²) in [7, 11) is 0. The summed E-state index contributed by atoms with van der Waals surface area (Å²) in [6.07, 6.45) is 0. The molecule has 0 aliphatic carbocycles. The first-order valence-corrected chi connectivity index (χ1v) is 15.2. The van der Waals surface area contributed by atoms with E-state index in [0.717, 1.165) is 0 Å². The molecule has 0 N–H and O–H groups in total. The van der Waals surface area contributed by atoms with Gasteiger partial charge >= 0.3 is 0 Å². The van der Waals surface area contributed by atoms with E-state index >= 15 is 0 Å². The van der Waals surface area contributed by atoms with E-state index in [1.54, 1.807) is 0 Å². The van der Waals surface area contributed by atoms with Crippen LogP contribution in [0.2, 0.25) is 0 Å². The molecule has 6 aromatic heterocycles. The molecule has 0 atom stereocenters. The van der Waals surface area contributed by atoms with Crippen molar-refractivity contribution in [3.63, 3.8) is 0 Å². The molecule has 0 saturated carbocycles. The van der Waals surface area contributed by atoms with Gasteiger partial charge in [0.1, 0.15) is 0 Å². The fourth-order valence-electron chi connectivity index (χ4n) is 4.68. The maximum Gasteiger partial charge on any atom is 0.0536 e. The Hall–Kier alpha value is -1.80. The SMILES string of the molecule is Cc1cc2cc3c(cc2s1)sc1cc(-c2cc4sc5cc6sc(C)cc6cc5c4s2)sc13. The summed E-state index contributed by atoms with van der Waals surface area (Å²) in [6.45, 7) is 4.41. The number of thiophene rings is 6. The first-order valence-electron chi connectivity index (χ1n) is 10.3. The molecule has 6 heterocycles. The molecule has 8 rings (SSSR count). The summed E-state index contributed by atoms with van der Waals surface area (Å²) < 4.78 is 11.4. The molecule has 0 unspecified atom stereocenters. The lowest BCUT2D eigenvalue weighted by molar-refractivity contribution is 1.66. The van der Waals surface area contributed by atoms with E-state index in [-0.39, 0.29) is 0 Å². The van der Waals surface area contributed by atoms with Crippen molar-refractivity contribution in [2.24, 2.45) is 0 Å². The Kier molecular flexibility index (Phi) is 3.73. The molecule has 32 heavy (non-hydrogen) atoms. The van der Waals surface area contributed by atoms with Crippen LogP contribution in [-0.4, -0.2) is 0 Å². The quantitative estimate of drug-likeness (QED) is 0.203. The Morgan fingerprint density at radius 2 is 0.875 bits per heavy atom. The second-order valence-electron chi connectivity index (χ2n) is 8.30. The molecule has 8 aromatic rings. The van der Waals surface area contributed by atoms with Crippen molar-refractivity contribution in [2.75, 3.05) is 0 Å². The zero-order valence-electron chi connectivity index (χ0n) is 17.1. The Morgan fingerprint density at radius 3 is 1.34 bits per heavy atom. The van der Waals surface area contributed by atoms with Gasteiger partial charge in [0.2, 0.25) is 0 Å². The fraction of sp³-hybridized carbons (Fsp3) is 0.0769. The standard InChI is InChI=1S/C26H14S6/c1-11-3-13-5-15-19(7-17(13)27-11)29-23-9-21(31-25(15)23)22-10-24-26(32-22)16-6-14-4-12(2)28-18(14)8-20(16)30-24/h3-10H,1-2H3. The summed E-state index contributed by atoms with van der Waals surface area (Å²) in [5.41, 5.74) is 0. The van der Waals surface area contributed by atoms with Crippen LogP contribution in [0.1, 0.15) is 9.75 Å². The monoisotopic (exact) mass is 518 g/mol. The molecule has 0 bridgehead atoms. The van der Waals surface area contributed by atoms with Crippen LogP contribution >= 0.6 is 68.0 Å². The van der Waals surface area contributed by atoms with Crippen molar-refractivity contribution in [2.45, 2.75) is 13.8 Å². The van der Waals surface area contributed by atoms with Crippen molar-refractivity contribution in [1.82, 2.24) is 0 Å². The highest BCUT2D eigenvalue weighted by atomic mass is 32.1. The molecular weight excluding hydrogens is 505 g/mol. The van der Waals surface area contributed by atoms with Crippen molar-refractivity contribution < 1.29 is 0 Å². The molecule has 0 nitrogen and oxygen atoms in total. The minimum Gasteiger partial charge on any atom is -0.141 e. The average molecular weight is 519 g/mol. The molecule has 0 spiro atoms. The van der Waals surface area contributed by atoms with Gasteiger partial charge in [-0.05, 0) is 73.2 Å². The van der Waals surface area contributed by atoms with Crippen LogP contribution in [0.5, 0.6) is 0 Å². The van der Waals surface area contributed by atoms with Crippen molar-refractivity contribution >= 4 is 127 Å². The van der Waals surface area contributed by atoms with E-state index in [1.165, 1.54) is 78.7 Å². The normalized spacial score (nSPS) is 12.7. The van der Waals surface area contributed by atoms with Crippen LogP contribution in [0, 0.1) is 13.8 Å². The highest BCUT2D eigenvalue weighted by Gasteiger charge is 2.17. The summed E-state index contributed by atoms with van der Waals surface area (Å²) in [5.74, 6) is 0. The zero-order chi connectivity index (χ0) is 21.1. The Morgan fingerprint density at radius 1 is 0.406 bits per heavy atom. The number of rotatable bonds is 1. The van der Waals surface area contributed by atoms with Gasteiger partial charge in [-0.25, -0.2) is 0 Å². The molecule has 0 fully saturated rings. The molecule has 0 saturated heterocycles. The zero-order valence-corrected chi connectivity index (χ0v) is 22.0. The lowest BCUT2D eigenvalue weighted by atomic mass is 10.2. The molecule has 0 radical (unpaired) electrons. The molecule has 6 heteroatoms. The van der Waals surface area contributed by atoms with Crippen LogP contribution < -0.4 is 0 Å². The Bertz CT molecular complexity index is 1860. The summed E-state index contributed by atoms with van der Waals surface area (Å²) >= 11 is 11.6. The maximum atomic E-state index is 2.42. The topological polar surface area (TPSA) is 0 Å². The van der Waals surface area contributed by atoms with Crippen LogP contribution in [-0.2, 0) is 0 Å². The highest BCUT2D eigenvalue weighted by Crippen LogP contribution is 2.49. The Labute approximate surface area is 207 Å². The minimum atomic E-state index is 1.38. The highest BCUT2D eigenvalue weighted by molar-refractivity contribution is 7.37. The number of fused-ring (bicyclic) bond motifs is 8. The molecule has 154 valence electrons. The summed E-state index contributed by atoms with van der Waals surface area (Å²) in [5, 5.41) is 5.61. The lowest BCUT2D eigenvalue weighted by Crippen LogP contribution is -1.64. The van der Waals surface area contributed by atoms with E-state index in [9.17, 15) is 0 Å². The van der Waals surface area contributed by atoms with Crippen molar-refractivity contribution in [3.8, 4) is 9.75 Å². The van der Waals surface area contributed by atoms with Gasteiger partial charge in [-0.15, -0.1) is 68.0 Å². The first-order chi connectivity index (χ1) is 15.6. The second kappa shape index (κ2) is 6.41. The van der Waals surface area contributed by atoms with E-state index in [2.05, 4.69) is 62.4 Å². The van der Waals surface area contributed by atoms with Gasteiger partial charge in [-0.3, -0.25) is 0 Å². The summed E-state index contributed by atoms with van der Waals surface area (Å²) in [4.78, 5) is 5.59. The van der Waals surface area contributed by atoms with Gasteiger partial charge < -0.3 is 0 Å². The number of benzene rings is 2. The smallest absolute Gasteiger partial charge is 0.0536 e.